The second-order valence-corrected chi connectivity index (χ2v) is 6.76. The molecule has 0 radical (unpaired) electrons. The lowest BCUT2D eigenvalue weighted by Crippen LogP contribution is -2.31. The number of benzene rings is 2. The minimum absolute atomic E-state index is 0.0493. The molecule has 0 amide bonds. The Morgan fingerprint density at radius 1 is 1.10 bits per heavy atom. The van der Waals surface area contributed by atoms with Gasteiger partial charge in [-0.05, 0) is 36.6 Å². The number of para-hydroxylation sites is 2. The molecule has 4 rings (SSSR count). The second-order valence-electron chi connectivity index (χ2n) is 6.76. The highest BCUT2D eigenvalue weighted by Crippen LogP contribution is 2.19. The Labute approximate surface area is 166 Å². The van der Waals surface area contributed by atoms with Crippen molar-refractivity contribution >= 4 is 17.1 Å². The maximum atomic E-state index is 12.3. The Morgan fingerprint density at radius 3 is 2.69 bits per heavy atom. The summed E-state index contributed by atoms with van der Waals surface area (Å²) < 4.78 is 1.08. The molecule has 0 saturated carbocycles. The van der Waals surface area contributed by atoms with Gasteiger partial charge in [0.05, 0.1) is 5.69 Å². The molecule has 2 aromatic heterocycles. The van der Waals surface area contributed by atoms with Crippen molar-refractivity contribution in [1.82, 2.24) is 14.5 Å². The van der Waals surface area contributed by atoms with Gasteiger partial charge in [0.15, 0.2) is 0 Å². The van der Waals surface area contributed by atoms with E-state index in [0.717, 1.165) is 26.6 Å². The zero-order valence-electron chi connectivity index (χ0n) is 15.8. The first kappa shape index (κ1) is 18.5. The molecular weight excluding hydrogens is 368 g/mol. The lowest BCUT2D eigenvalue weighted by Gasteiger charge is -2.11. The van der Waals surface area contributed by atoms with Crippen molar-refractivity contribution in [3.63, 3.8) is 0 Å². The van der Waals surface area contributed by atoms with Crippen molar-refractivity contribution in [2.24, 2.45) is 4.99 Å². The first-order valence-electron chi connectivity index (χ1n) is 9.25. The molecule has 0 unspecified atom stereocenters. The molecule has 4 aromatic rings. The summed E-state index contributed by atoms with van der Waals surface area (Å²) >= 11 is 0. The highest BCUT2D eigenvalue weighted by molar-refractivity contribution is 5.83. The minimum atomic E-state index is -0.697. The SMILES string of the molecule is Cc1ccccc1-n1c(O)c(C=NCCc2c[nH]c3ccccc23)c(=O)[nH]c1=O. The molecule has 0 atom stereocenters. The van der Waals surface area contributed by atoms with Crippen molar-refractivity contribution in [3.8, 4) is 11.6 Å². The van der Waals surface area contributed by atoms with Crippen molar-refractivity contribution in [2.75, 3.05) is 6.54 Å². The van der Waals surface area contributed by atoms with Crippen LogP contribution in [-0.2, 0) is 6.42 Å². The summed E-state index contributed by atoms with van der Waals surface area (Å²) in [5.41, 5.74) is 2.06. The molecule has 0 aliphatic carbocycles. The largest absolute Gasteiger partial charge is 0.493 e. The zero-order chi connectivity index (χ0) is 20.4. The molecule has 146 valence electrons. The quantitative estimate of drug-likeness (QED) is 0.458. The lowest BCUT2D eigenvalue weighted by atomic mass is 10.1. The van der Waals surface area contributed by atoms with Gasteiger partial charge in [-0.3, -0.25) is 14.8 Å². The minimum Gasteiger partial charge on any atom is -0.493 e. The Kier molecular flexibility index (Phi) is 4.87. The van der Waals surface area contributed by atoms with E-state index in [9.17, 15) is 14.7 Å². The van der Waals surface area contributed by atoms with Gasteiger partial charge in [-0.2, -0.15) is 0 Å². The van der Waals surface area contributed by atoms with Crippen molar-refractivity contribution < 1.29 is 5.11 Å². The molecular formula is C22H20N4O3. The van der Waals surface area contributed by atoms with Crippen LogP contribution in [0.5, 0.6) is 5.88 Å². The summed E-state index contributed by atoms with van der Waals surface area (Å²) in [5, 5.41) is 11.7. The third-order valence-electron chi connectivity index (χ3n) is 4.88. The van der Waals surface area contributed by atoms with Gasteiger partial charge < -0.3 is 10.1 Å². The van der Waals surface area contributed by atoms with E-state index in [2.05, 4.69) is 15.0 Å². The van der Waals surface area contributed by atoms with Crippen LogP contribution in [-0.4, -0.2) is 32.4 Å². The smallest absolute Gasteiger partial charge is 0.335 e. The molecule has 7 nitrogen and oxygen atoms in total. The molecule has 29 heavy (non-hydrogen) atoms. The fraction of sp³-hybridized carbons (Fsp3) is 0.136. The predicted octanol–water partition coefficient (Wildman–Crippen LogP) is 2.68. The number of aromatic nitrogens is 3. The summed E-state index contributed by atoms with van der Waals surface area (Å²) in [6.07, 6.45) is 3.94. The monoisotopic (exact) mass is 388 g/mol. The molecule has 0 aliphatic heterocycles. The second kappa shape index (κ2) is 7.63. The van der Waals surface area contributed by atoms with Crippen LogP contribution in [0.25, 0.3) is 16.6 Å². The van der Waals surface area contributed by atoms with Crippen LogP contribution in [0, 0.1) is 6.92 Å². The van der Waals surface area contributed by atoms with Crippen LogP contribution in [0.2, 0.25) is 0 Å². The summed E-state index contributed by atoms with van der Waals surface area (Å²) in [4.78, 5) is 34.2. The summed E-state index contributed by atoms with van der Waals surface area (Å²) in [6.45, 7) is 2.26. The molecule has 0 saturated heterocycles. The van der Waals surface area contributed by atoms with Crippen molar-refractivity contribution in [3.05, 3.63) is 92.3 Å². The first-order valence-corrected chi connectivity index (χ1v) is 9.25. The average molecular weight is 388 g/mol. The van der Waals surface area contributed by atoms with Crippen LogP contribution in [0.4, 0.5) is 0 Å². The third kappa shape index (κ3) is 3.50. The molecule has 2 heterocycles. The fourth-order valence-electron chi connectivity index (χ4n) is 3.37. The number of fused-ring (bicyclic) bond motifs is 1. The van der Waals surface area contributed by atoms with Crippen LogP contribution in [0.3, 0.4) is 0 Å². The lowest BCUT2D eigenvalue weighted by molar-refractivity contribution is 0.430. The number of H-pyrrole nitrogens is 2. The number of aromatic amines is 2. The van der Waals surface area contributed by atoms with Gasteiger partial charge in [-0.15, -0.1) is 0 Å². The molecule has 2 aromatic carbocycles. The maximum Gasteiger partial charge on any atom is 0.335 e. The van der Waals surface area contributed by atoms with E-state index in [0.29, 0.717) is 18.7 Å². The topological polar surface area (TPSA) is 103 Å². The van der Waals surface area contributed by atoms with E-state index in [-0.39, 0.29) is 5.56 Å². The molecule has 3 N–H and O–H groups in total. The van der Waals surface area contributed by atoms with E-state index in [1.807, 2.05) is 49.5 Å². The molecule has 0 aliphatic rings. The molecule has 0 fully saturated rings. The highest BCUT2D eigenvalue weighted by Gasteiger charge is 2.15. The first-order chi connectivity index (χ1) is 14.1. The molecule has 0 bridgehead atoms. The average Bonchev–Trinajstić information content (AvgIpc) is 3.12. The van der Waals surface area contributed by atoms with Gasteiger partial charge in [0.2, 0.25) is 5.88 Å². The predicted molar refractivity (Wildman–Crippen MR) is 114 cm³/mol. The third-order valence-corrected chi connectivity index (χ3v) is 4.88. The van der Waals surface area contributed by atoms with Crippen LogP contribution in [0.15, 0.2) is 69.3 Å². The molecule has 0 spiro atoms. The summed E-state index contributed by atoms with van der Waals surface area (Å²) in [5.74, 6) is -0.427. The zero-order valence-corrected chi connectivity index (χ0v) is 15.8. The van der Waals surface area contributed by atoms with Gasteiger partial charge >= 0.3 is 5.69 Å². The Balaban J connectivity index is 1.62. The van der Waals surface area contributed by atoms with E-state index in [1.165, 1.54) is 6.21 Å². The summed E-state index contributed by atoms with van der Waals surface area (Å²) in [6, 6.07) is 15.1. The fourth-order valence-corrected chi connectivity index (χ4v) is 3.37. The van der Waals surface area contributed by atoms with E-state index >= 15 is 0 Å². The Hall–Kier alpha value is -3.87. The summed E-state index contributed by atoms with van der Waals surface area (Å²) in [7, 11) is 0. The highest BCUT2D eigenvalue weighted by atomic mass is 16.3. The number of rotatable bonds is 5. The standard InChI is InChI=1S/C22H20N4O3/c1-14-6-2-5-9-19(14)26-21(28)17(20(27)25-22(26)29)13-23-11-10-15-12-24-18-8-4-3-7-16(15)18/h2-9,12-13,24,28H,10-11H2,1H3,(H,25,27,29). The Bertz CT molecular complexity index is 1330. The van der Waals surface area contributed by atoms with Gasteiger partial charge in [0, 0.05) is 29.9 Å². The number of hydrogen-bond donors (Lipinski definition) is 3. The van der Waals surface area contributed by atoms with Crippen LogP contribution in [0.1, 0.15) is 16.7 Å². The van der Waals surface area contributed by atoms with Crippen molar-refractivity contribution in [2.45, 2.75) is 13.3 Å². The molecule has 7 heteroatoms. The van der Waals surface area contributed by atoms with Crippen LogP contribution < -0.4 is 11.2 Å². The number of nitrogens with one attached hydrogen (secondary N) is 2. The Morgan fingerprint density at radius 2 is 1.86 bits per heavy atom. The maximum absolute atomic E-state index is 12.3. The van der Waals surface area contributed by atoms with Crippen LogP contribution >= 0.6 is 0 Å². The van der Waals surface area contributed by atoms with Gasteiger partial charge in [0.25, 0.3) is 5.56 Å². The number of aryl methyl sites for hydroxylation is 1. The number of hydrogen-bond acceptors (Lipinski definition) is 4. The van der Waals surface area contributed by atoms with Gasteiger partial charge in [0.1, 0.15) is 5.56 Å². The number of nitrogens with zero attached hydrogens (tertiary/aromatic N) is 2. The van der Waals surface area contributed by atoms with E-state index in [1.54, 1.807) is 12.1 Å². The number of aromatic hydroxyl groups is 1. The van der Waals surface area contributed by atoms with Gasteiger partial charge in [-0.1, -0.05) is 36.4 Å². The van der Waals surface area contributed by atoms with E-state index in [4.69, 9.17) is 0 Å². The normalized spacial score (nSPS) is 11.5. The van der Waals surface area contributed by atoms with Gasteiger partial charge in [-0.25, -0.2) is 9.36 Å². The van der Waals surface area contributed by atoms with E-state index < -0.39 is 17.1 Å². The number of aliphatic imine (C=N–C) groups is 1. The van der Waals surface area contributed by atoms with Crippen molar-refractivity contribution in [1.29, 1.82) is 0 Å².